The molecule has 3 heterocycles. The van der Waals surface area contributed by atoms with Gasteiger partial charge in [-0.2, -0.15) is 0 Å². The SMILES string of the molecule is O=C(C1CNCC12CCOc1ccccc12)N1CCC(c2ccccc2)CC1c1ccccc1. The summed E-state index contributed by atoms with van der Waals surface area (Å²) in [5.74, 6) is 1.63. The molecule has 1 spiro atoms. The van der Waals surface area contributed by atoms with Crippen LogP contribution in [0.1, 0.15) is 47.9 Å². The lowest BCUT2D eigenvalue weighted by Gasteiger charge is -2.45. The van der Waals surface area contributed by atoms with E-state index in [1.54, 1.807) is 0 Å². The minimum Gasteiger partial charge on any atom is -0.493 e. The molecule has 0 aliphatic carbocycles. The first kappa shape index (κ1) is 21.4. The number of fused-ring (bicyclic) bond motifs is 2. The highest BCUT2D eigenvalue weighted by Gasteiger charge is 2.52. The number of piperidine rings is 1. The standard InChI is InChI=1S/C30H32N2O2/c33-29(26-20-31-21-30(26)16-18-34-28-14-8-7-13-25(28)30)32-17-15-24(22-9-3-1-4-10-22)19-27(32)23-11-5-2-6-12-23/h1-14,24,26-27,31H,15-21H2. The number of nitrogens with zero attached hydrogens (tertiary/aromatic N) is 1. The highest BCUT2D eigenvalue weighted by Crippen LogP contribution is 2.48. The van der Waals surface area contributed by atoms with Crippen molar-refractivity contribution in [3.05, 3.63) is 102 Å². The monoisotopic (exact) mass is 452 g/mol. The number of carbonyl (C=O) groups excluding carboxylic acids is 1. The number of likely N-dealkylation sites (tertiary alicyclic amines) is 1. The maximum absolute atomic E-state index is 14.4. The number of carbonyl (C=O) groups is 1. The van der Waals surface area contributed by atoms with Crippen molar-refractivity contribution < 1.29 is 9.53 Å². The molecule has 4 heteroatoms. The van der Waals surface area contributed by atoms with E-state index in [0.29, 0.717) is 18.4 Å². The van der Waals surface area contributed by atoms with Crippen molar-refractivity contribution >= 4 is 5.91 Å². The molecule has 0 bridgehead atoms. The molecule has 3 aliphatic heterocycles. The summed E-state index contributed by atoms with van der Waals surface area (Å²) in [5, 5.41) is 3.58. The van der Waals surface area contributed by atoms with E-state index in [-0.39, 0.29) is 17.4 Å². The van der Waals surface area contributed by atoms with Crippen LogP contribution in [0.4, 0.5) is 0 Å². The number of hydrogen-bond donors (Lipinski definition) is 1. The molecule has 6 rings (SSSR count). The topological polar surface area (TPSA) is 41.6 Å². The Morgan fingerprint density at radius 2 is 1.62 bits per heavy atom. The Labute approximate surface area is 201 Å². The lowest BCUT2D eigenvalue weighted by molar-refractivity contribution is -0.141. The quantitative estimate of drug-likeness (QED) is 0.603. The molecule has 1 N–H and O–H groups in total. The Bertz CT molecular complexity index is 1150. The summed E-state index contributed by atoms with van der Waals surface area (Å²) < 4.78 is 5.98. The van der Waals surface area contributed by atoms with Gasteiger partial charge in [0.1, 0.15) is 5.75 Å². The Morgan fingerprint density at radius 3 is 2.41 bits per heavy atom. The van der Waals surface area contributed by atoms with E-state index in [1.807, 2.05) is 12.1 Å². The van der Waals surface area contributed by atoms with Crippen molar-refractivity contribution in [1.82, 2.24) is 10.2 Å². The van der Waals surface area contributed by atoms with Crippen LogP contribution in [-0.2, 0) is 10.2 Å². The average molecular weight is 453 g/mol. The van der Waals surface area contributed by atoms with Crippen molar-refractivity contribution in [3.63, 3.8) is 0 Å². The molecule has 0 saturated carbocycles. The lowest BCUT2D eigenvalue weighted by atomic mass is 9.68. The van der Waals surface area contributed by atoms with Gasteiger partial charge in [0, 0.05) is 30.6 Å². The van der Waals surface area contributed by atoms with Gasteiger partial charge in [-0.3, -0.25) is 4.79 Å². The fourth-order valence-electron chi connectivity index (χ4n) is 6.56. The number of nitrogens with one attached hydrogen (secondary N) is 1. The van der Waals surface area contributed by atoms with E-state index < -0.39 is 0 Å². The molecular formula is C30H32N2O2. The fraction of sp³-hybridized carbons (Fsp3) is 0.367. The number of rotatable bonds is 3. The predicted molar refractivity (Wildman–Crippen MR) is 134 cm³/mol. The van der Waals surface area contributed by atoms with Crippen LogP contribution in [0.2, 0.25) is 0 Å². The molecule has 3 aromatic carbocycles. The normalized spacial score (nSPS) is 28.4. The van der Waals surface area contributed by atoms with Crippen LogP contribution in [0.25, 0.3) is 0 Å². The Morgan fingerprint density at radius 1 is 0.912 bits per heavy atom. The number of hydrogen-bond acceptors (Lipinski definition) is 3. The zero-order valence-electron chi connectivity index (χ0n) is 19.5. The molecule has 3 aromatic rings. The summed E-state index contributed by atoms with van der Waals surface area (Å²) in [4.78, 5) is 16.6. The average Bonchev–Trinajstić information content (AvgIpc) is 3.33. The Kier molecular flexibility index (Phi) is 5.62. The summed E-state index contributed by atoms with van der Waals surface area (Å²) in [6.07, 6.45) is 2.85. The number of para-hydroxylation sites is 1. The number of benzene rings is 3. The second kappa shape index (κ2) is 8.92. The minimum absolute atomic E-state index is 0.0722. The van der Waals surface area contributed by atoms with Crippen LogP contribution >= 0.6 is 0 Å². The highest BCUT2D eigenvalue weighted by atomic mass is 16.5. The Hall–Kier alpha value is -3.11. The molecule has 0 aromatic heterocycles. The van der Waals surface area contributed by atoms with Crippen LogP contribution < -0.4 is 10.1 Å². The van der Waals surface area contributed by atoms with Gasteiger partial charge < -0.3 is 15.0 Å². The third-order valence-corrected chi connectivity index (χ3v) is 8.32. The third-order valence-electron chi connectivity index (χ3n) is 8.32. The predicted octanol–water partition coefficient (Wildman–Crippen LogP) is 5.07. The van der Waals surface area contributed by atoms with Gasteiger partial charge in [-0.05, 0) is 42.4 Å². The van der Waals surface area contributed by atoms with Gasteiger partial charge in [0.25, 0.3) is 0 Å². The van der Waals surface area contributed by atoms with Crippen LogP contribution in [0.5, 0.6) is 5.75 Å². The molecule has 1 amide bonds. The molecule has 4 atom stereocenters. The Balaban J connectivity index is 1.34. The van der Waals surface area contributed by atoms with Crippen molar-refractivity contribution in [2.75, 3.05) is 26.2 Å². The first-order valence-corrected chi connectivity index (χ1v) is 12.6. The zero-order chi connectivity index (χ0) is 23.0. The van der Waals surface area contributed by atoms with Crippen molar-refractivity contribution in [2.45, 2.75) is 36.6 Å². The minimum atomic E-state index is -0.191. The maximum atomic E-state index is 14.4. The van der Waals surface area contributed by atoms with E-state index in [4.69, 9.17) is 4.74 Å². The molecular weight excluding hydrogens is 420 g/mol. The smallest absolute Gasteiger partial charge is 0.228 e. The van der Waals surface area contributed by atoms with Gasteiger partial charge in [-0.1, -0.05) is 78.9 Å². The van der Waals surface area contributed by atoms with Crippen LogP contribution in [0, 0.1) is 5.92 Å². The van der Waals surface area contributed by atoms with Gasteiger partial charge in [0.2, 0.25) is 5.91 Å². The lowest BCUT2D eigenvalue weighted by Crippen LogP contribution is -2.50. The molecule has 4 unspecified atom stereocenters. The molecule has 34 heavy (non-hydrogen) atoms. The van der Waals surface area contributed by atoms with Crippen LogP contribution in [0.15, 0.2) is 84.9 Å². The van der Waals surface area contributed by atoms with Crippen molar-refractivity contribution in [3.8, 4) is 5.75 Å². The third kappa shape index (κ3) is 3.61. The number of amides is 1. The van der Waals surface area contributed by atoms with Crippen LogP contribution in [-0.4, -0.2) is 37.0 Å². The molecule has 2 fully saturated rings. The summed E-state index contributed by atoms with van der Waals surface area (Å²) in [5.41, 5.74) is 3.63. The van der Waals surface area contributed by atoms with Crippen molar-refractivity contribution in [1.29, 1.82) is 0 Å². The van der Waals surface area contributed by atoms with Gasteiger partial charge in [0.15, 0.2) is 0 Å². The van der Waals surface area contributed by atoms with Gasteiger partial charge in [-0.15, -0.1) is 0 Å². The number of ether oxygens (including phenoxy) is 1. The van der Waals surface area contributed by atoms with E-state index in [0.717, 1.165) is 44.6 Å². The second-order valence-corrected chi connectivity index (χ2v) is 10.0. The molecule has 174 valence electrons. The molecule has 4 nitrogen and oxygen atoms in total. The van der Waals surface area contributed by atoms with E-state index in [9.17, 15) is 4.79 Å². The largest absolute Gasteiger partial charge is 0.493 e. The van der Waals surface area contributed by atoms with Gasteiger partial charge in [-0.25, -0.2) is 0 Å². The zero-order valence-corrected chi connectivity index (χ0v) is 19.5. The summed E-state index contributed by atoms with van der Waals surface area (Å²) in [7, 11) is 0. The second-order valence-electron chi connectivity index (χ2n) is 10.0. The van der Waals surface area contributed by atoms with E-state index in [2.05, 4.69) is 83.0 Å². The summed E-state index contributed by atoms with van der Waals surface area (Å²) in [6.45, 7) is 3.02. The van der Waals surface area contributed by atoms with E-state index in [1.165, 1.54) is 16.7 Å². The van der Waals surface area contributed by atoms with E-state index >= 15 is 0 Å². The maximum Gasteiger partial charge on any atom is 0.228 e. The first-order chi connectivity index (χ1) is 16.8. The van der Waals surface area contributed by atoms with Crippen LogP contribution in [0.3, 0.4) is 0 Å². The first-order valence-electron chi connectivity index (χ1n) is 12.6. The molecule has 3 aliphatic rings. The fourth-order valence-corrected chi connectivity index (χ4v) is 6.56. The summed E-state index contributed by atoms with van der Waals surface area (Å²) >= 11 is 0. The van der Waals surface area contributed by atoms with Crippen molar-refractivity contribution in [2.24, 2.45) is 5.92 Å². The molecule has 2 saturated heterocycles. The highest BCUT2D eigenvalue weighted by molar-refractivity contribution is 5.82. The van der Waals surface area contributed by atoms with Gasteiger partial charge >= 0.3 is 0 Å². The molecule has 0 radical (unpaired) electrons. The van der Waals surface area contributed by atoms with Gasteiger partial charge in [0.05, 0.1) is 18.6 Å². The summed E-state index contributed by atoms with van der Waals surface area (Å²) in [6, 6.07) is 29.8.